The Morgan fingerprint density at radius 3 is 2.62 bits per heavy atom. The number of nitriles is 1. The van der Waals surface area contributed by atoms with E-state index in [0.717, 1.165) is 24.4 Å². The van der Waals surface area contributed by atoms with Gasteiger partial charge in [0.1, 0.15) is 23.3 Å². The molecule has 4 rings (SSSR count). The summed E-state index contributed by atoms with van der Waals surface area (Å²) in [6.45, 7) is 0. The van der Waals surface area contributed by atoms with E-state index in [4.69, 9.17) is 5.26 Å². The minimum atomic E-state index is -0.521. The Kier molecular flexibility index (Phi) is 3.79. The molecule has 0 bridgehead atoms. The lowest BCUT2D eigenvalue weighted by Crippen LogP contribution is -2.01. The molecule has 0 radical (unpaired) electrons. The molecule has 1 heterocycles. The molecule has 1 aliphatic carbocycles. The topological polar surface area (TPSA) is 54.5 Å². The van der Waals surface area contributed by atoms with E-state index < -0.39 is 5.82 Å². The Labute approximate surface area is 143 Å². The van der Waals surface area contributed by atoms with Crippen molar-refractivity contribution in [3.05, 3.63) is 65.7 Å². The molecule has 4 nitrogen and oxygen atoms in total. The van der Waals surface area contributed by atoms with Gasteiger partial charge >= 0.3 is 0 Å². The lowest BCUT2D eigenvalue weighted by Gasteiger charge is -2.03. The number of rotatable bonds is 4. The first-order chi connectivity index (χ1) is 11.8. The number of para-hydroxylation sites is 1. The molecule has 24 heavy (non-hydrogen) atoms. The van der Waals surface area contributed by atoms with Crippen molar-refractivity contribution in [2.75, 3.05) is 0 Å². The van der Waals surface area contributed by atoms with Crippen LogP contribution >= 0.6 is 11.8 Å². The molecule has 0 N–H and O–H groups in total. The number of aromatic nitrogens is 3. The Hall–Kier alpha value is -2.65. The van der Waals surface area contributed by atoms with Crippen molar-refractivity contribution in [2.24, 2.45) is 0 Å². The largest absolute Gasteiger partial charge is 0.216 e. The third kappa shape index (κ3) is 2.79. The van der Waals surface area contributed by atoms with Crippen LogP contribution in [0.4, 0.5) is 4.39 Å². The van der Waals surface area contributed by atoms with Crippen molar-refractivity contribution >= 4 is 11.8 Å². The van der Waals surface area contributed by atoms with Crippen molar-refractivity contribution < 1.29 is 4.39 Å². The number of halogens is 1. The first kappa shape index (κ1) is 14.9. The van der Waals surface area contributed by atoms with Gasteiger partial charge in [-0.2, -0.15) is 5.26 Å². The average Bonchev–Trinajstić information content (AvgIpc) is 3.37. The summed E-state index contributed by atoms with van der Waals surface area (Å²) in [4.78, 5) is 5.16. The molecule has 0 aliphatic heterocycles. The second kappa shape index (κ2) is 6.10. The van der Waals surface area contributed by atoms with Gasteiger partial charge in [-0.3, -0.25) is 0 Å². The molecule has 0 unspecified atom stereocenters. The highest BCUT2D eigenvalue weighted by molar-refractivity contribution is 7.99. The molecule has 3 aromatic rings. The maximum absolute atomic E-state index is 13.8. The minimum Gasteiger partial charge on any atom is -0.216 e. The van der Waals surface area contributed by atoms with Crippen LogP contribution < -0.4 is 0 Å². The highest BCUT2D eigenvalue weighted by Gasteiger charge is 2.30. The SMILES string of the molecule is N#Cc1c(F)cccc1Sc1nc(C2CC2)n(-c2ccccc2)n1. The Bertz CT molecular complexity index is 926. The summed E-state index contributed by atoms with van der Waals surface area (Å²) in [5.74, 6) is 0.834. The lowest BCUT2D eigenvalue weighted by molar-refractivity contribution is 0.620. The van der Waals surface area contributed by atoms with E-state index in [2.05, 4.69) is 10.1 Å². The van der Waals surface area contributed by atoms with Gasteiger partial charge in [-0.05, 0) is 48.9 Å². The van der Waals surface area contributed by atoms with Gasteiger partial charge in [0, 0.05) is 10.8 Å². The van der Waals surface area contributed by atoms with Gasteiger partial charge in [-0.25, -0.2) is 14.1 Å². The summed E-state index contributed by atoms with van der Waals surface area (Å²) in [7, 11) is 0. The molecule has 1 aliphatic rings. The summed E-state index contributed by atoms with van der Waals surface area (Å²) in [6.07, 6.45) is 2.22. The van der Waals surface area contributed by atoms with Gasteiger partial charge in [-0.15, -0.1) is 5.10 Å². The third-order valence-electron chi connectivity index (χ3n) is 3.84. The predicted molar refractivity (Wildman–Crippen MR) is 88.6 cm³/mol. The molecule has 2 aromatic carbocycles. The lowest BCUT2D eigenvalue weighted by atomic mass is 10.2. The maximum Gasteiger partial charge on any atom is 0.214 e. The zero-order chi connectivity index (χ0) is 16.5. The van der Waals surface area contributed by atoms with Crippen LogP contribution in [0.25, 0.3) is 5.69 Å². The molecule has 118 valence electrons. The van der Waals surface area contributed by atoms with Crippen LogP contribution in [0.5, 0.6) is 0 Å². The highest BCUT2D eigenvalue weighted by Crippen LogP contribution is 2.41. The van der Waals surface area contributed by atoms with E-state index in [0.29, 0.717) is 16.0 Å². The van der Waals surface area contributed by atoms with Gasteiger partial charge in [0.05, 0.1) is 5.69 Å². The number of hydrogen-bond acceptors (Lipinski definition) is 4. The normalized spacial score (nSPS) is 13.7. The van der Waals surface area contributed by atoms with Crippen molar-refractivity contribution in [1.29, 1.82) is 5.26 Å². The Morgan fingerprint density at radius 1 is 1.12 bits per heavy atom. The minimum absolute atomic E-state index is 0.0338. The van der Waals surface area contributed by atoms with Crippen molar-refractivity contribution in [3.8, 4) is 11.8 Å². The zero-order valence-electron chi connectivity index (χ0n) is 12.7. The first-order valence-electron chi connectivity index (χ1n) is 7.65. The number of nitrogens with zero attached hydrogens (tertiary/aromatic N) is 4. The van der Waals surface area contributed by atoms with E-state index in [-0.39, 0.29) is 5.56 Å². The first-order valence-corrected chi connectivity index (χ1v) is 8.47. The second-order valence-electron chi connectivity index (χ2n) is 5.60. The molecule has 0 amide bonds. The molecule has 0 atom stereocenters. The maximum atomic E-state index is 13.8. The number of hydrogen-bond donors (Lipinski definition) is 0. The van der Waals surface area contributed by atoms with E-state index in [1.807, 2.05) is 41.1 Å². The van der Waals surface area contributed by atoms with Crippen molar-refractivity contribution in [3.63, 3.8) is 0 Å². The van der Waals surface area contributed by atoms with Gasteiger partial charge < -0.3 is 0 Å². The predicted octanol–water partition coefficient (Wildman–Crippen LogP) is 4.31. The van der Waals surface area contributed by atoms with Gasteiger partial charge in [0.2, 0.25) is 5.16 Å². The van der Waals surface area contributed by atoms with Crippen LogP contribution in [-0.4, -0.2) is 14.8 Å². The second-order valence-corrected chi connectivity index (χ2v) is 6.61. The number of benzene rings is 2. The van der Waals surface area contributed by atoms with E-state index in [9.17, 15) is 4.39 Å². The van der Waals surface area contributed by atoms with Crippen LogP contribution in [0, 0.1) is 17.1 Å². The van der Waals surface area contributed by atoms with E-state index >= 15 is 0 Å². The summed E-state index contributed by atoms with van der Waals surface area (Å²) >= 11 is 1.22. The molecule has 1 aromatic heterocycles. The Morgan fingerprint density at radius 2 is 1.92 bits per heavy atom. The fraction of sp³-hybridized carbons (Fsp3) is 0.167. The highest BCUT2D eigenvalue weighted by atomic mass is 32.2. The molecule has 1 saturated carbocycles. The molecule has 1 fully saturated rings. The third-order valence-corrected chi connectivity index (χ3v) is 4.76. The van der Waals surface area contributed by atoms with E-state index in [1.54, 1.807) is 12.1 Å². The van der Waals surface area contributed by atoms with Crippen molar-refractivity contribution in [2.45, 2.75) is 28.8 Å². The monoisotopic (exact) mass is 336 g/mol. The van der Waals surface area contributed by atoms with Gasteiger partial charge in [0.15, 0.2) is 0 Å². The quantitative estimate of drug-likeness (QED) is 0.712. The zero-order valence-corrected chi connectivity index (χ0v) is 13.5. The fourth-order valence-corrected chi connectivity index (χ4v) is 3.36. The van der Waals surface area contributed by atoms with Gasteiger partial charge in [-0.1, -0.05) is 24.3 Å². The molecular weight excluding hydrogens is 323 g/mol. The molecular formula is C18H13FN4S. The molecule has 0 saturated heterocycles. The van der Waals surface area contributed by atoms with Gasteiger partial charge in [0.25, 0.3) is 0 Å². The van der Waals surface area contributed by atoms with Crippen LogP contribution in [0.15, 0.2) is 58.6 Å². The standard InChI is InChI=1S/C18H13FN4S/c19-15-7-4-8-16(14(15)11-20)24-18-21-17(12-9-10-12)23(22-18)13-5-2-1-3-6-13/h1-8,12H,9-10H2. The van der Waals surface area contributed by atoms with Crippen LogP contribution in [-0.2, 0) is 0 Å². The average molecular weight is 336 g/mol. The smallest absolute Gasteiger partial charge is 0.214 e. The molecule has 0 spiro atoms. The summed E-state index contributed by atoms with van der Waals surface area (Å²) in [5, 5.41) is 14.3. The summed E-state index contributed by atoms with van der Waals surface area (Å²) < 4.78 is 15.6. The van der Waals surface area contributed by atoms with Crippen LogP contribution in [0.1, 0.15) is 30.1 Å². The molecule has 6 heteroatoms. The summed E-state index contributed by atoms with van der Waals surface area (Å²) in [6, 6.07) is 16.4. The van der Waals surface area contributed by atoms with E-state index in [1.165, 1.54) is 17.8 Å². The summed E-state index contributed by atoms with van der Waals surface area (Å²) in [5.41, 5.74) is 0.991. The fourth-order valence-electron chi connectivity index (χ4n) is 2.51. The Balaban J connectivity index is 1.73. The van der Waals surface area contributed by atoms with Crippen LogP contribution in [0.3, 0.4) is 0 Å². The van der Waals surface area contributed by atoms with Crippen molar-refractivity contribution in [1.82, 2.24) is 14.8 Å². The van der Waals surface area contributed by atoms with Crippen LogP contribution in [0.2, 0.25) is 0 Å².